The Morgan fingerprint density at radius 3 is 2.70 bits per heavy atom. The van der Waals surface area contributed by atoms with Crippen LogP contribution in [0.3, 0.4) is 0 Å². The zero-order valence-corrected chi connectivity index (χ0v) is 15.2. The number of fused-ring (bicyclic) bond motifs is 1. The fourth-order valence-electron chi connectivity index (χ4n) is 3.93. The van der Waals surface area contributed by atoms with Crippen LogP contribution in [0.15, 0.2) is 54.7 Å². The normalized spacial score (nSPS) is 17.5. The van der Waals surface area contributed by atoms with Crippen LogP contribution in [-0.2, 0) is 13.1 Å². The topological polar surface area (TPSA) is 28.4 Å². The first-order chi connectivity index (χ1) is 13.0. The van der Waals surface area contributed by atoms with E-state index in [0.29, 0.717) is 12.1 Å². The lowest BCUT2D eigenvalue weighted by molar-refractivity contribution is 0.217. The summed E-state index contributed by atoms with van der Waals surface area (Å²) in [6, 6.07) is 13.5. The van der Waals surface area contributed by atoms with Crippen molar-refractivity contribution in [2.75, 3.05) is 6.54 Å². The molecule has 3 nitrogen and oxygen atoms in total. The van der Waals surface area contributed by atoms with Crippen LogP contribution in [0.2, 0.25) is 0 Å². The summed E-state index contributed by atoms with van der Waals surface area (Å²) in [5.41, 5.74) is 3.67. The molecule has 4 rings (SSSR count). The lowest BCUT2D eigenvalue weighted by Crippen LogP contribution is -2.29. The first-order valence-electron chi connectivity index (χ1n) is 9.15. The van der Waals surface area contributed by atoms with Crippen molar-refractivity contribution in [1.82, 2.24) is 9.47 Å². The van der Waals surface area contributed by atoms with Crippen LogP contribution in [0.1, 0.15) is 34.8 Å². The van der Waals surface area contributed by atoms with Gasteiger partial charge in [0.15, 0.2) is 11.6 Å². The molecule has 1 atom stereocenters. The number of aromatic nitrogens is 1. The molecular formula is C22H22F2N2O. The molecule has 2 aromatic carbocycles. The van der Waals surface area contributed by atoms with Gasteiger partial charge in [-0.1, -0.05) is 23.8 Å². The van der Waals surface area contributed by atoms with Crippen LogP contribution in [0, 0.1) is 18.6 Å². The van der Waals surface area contributed by atoms with E-state index in [1.54, 1.807) is 12.1 Å². The van der Waals surface area contributed by atoms with Crippen molar-refractivity contribution in [1.29, 1.82) is 0 Å². The average Bonchev–Trinajstić information content (AvgIpc) is 3.02. The van der Waals surface area contributed by atoms with Gasteiger partial charge in [0, 0.05) is 37.1 Å². The van der Waals surface area contributed by atoms with Crippen LogP contribution in [-0.4, -0.2) is 21.1 Å². The lowest BCUT2D eigenvalue weighted by atomic mass is 10.00. The van der Waals surface area contributed by atoms with Gasteiger partial charge in [-0.05, 0) is 49.2 Å². The molecule has 3 aromatic rings. The number of halogens is 2. The number of aryl methyl sites for hydroxylation is 2. The van der Waals surface area contributed by atoms with Crippen molar-refractivity contribution in [3.8, 4) is 5.75 Å². The van der Waals surface area contributed by atoms with Gasteiger partial charge in [-0.2, -0.15) is 0 Å². The molecule has 0 bridgehead atoms. The van der Waals surface area contributed by atoms with E-state index >= 15 is 0 Å². The summed E-state index contributed by atoms with van der Waals surface area (Å²) in [5, 5.41) is 10.3. The molecule has 1 aliphatic heterocycles. The predicted molar refractivity (Wildman–Crippen MR) is 101 cm³/mol. The molecule has 0 saturated carbocycles. The molecule has 0 aliphatic carbocycles. The van der Waals surface area contributed by atoms with Gasteiger partial charge in [0.25, 0.3) is 0 Å². The van der Waals surface area contributed by atoms with Crippen LogP contribution in [0.5, 0.6) is 5.75 Å². The van der Waals surface area contributed by atoms with Gasteiger partial charge in [-0.3, -0.25) is 4.90 Å². The average molecular weight is 368 g/mol. The summed E-state index contributed by atoms with van der Waals surface area (Å²) in [7, 11) is 0. The Bertz CT molecular complexity index is 967. The standard InChI is InChI=1S/C22H22F2N2O/c1-15-5-8-21(27)17(12-15)14-26-11-3-10-25-9-2-4-20(25)22(26)16-6-7-18(23)19(24)13-16/h2,4-9,12-13,22,27H,3,10-11,14H2,1H3. The summed E-state index contributed by atoms with van der Waals surface area (Å²) in [5.74, 6) is -1.43. The minimum Gasteiger partial charge on any atom is -0.508 e. The summed E-state index contributed by atoms with van der Waals surface area (Å²) < 4.78 is 29.6. The van der Waals surface area contributed by atoms with Gasteiger partial charge in [-0.15, -0.1) is 0 Å². The van der Waals surface area contributed by atoms with Crippen LogP contribution in [0.25, 0.3) is 0 Å². The maximum atomic E-state index is 14.0. The number of benzene rings is 2. The third-order valence-electron chi connectivity index (χ3n) is 5.22. The van der Waals surface area contributed by atoms with Crippen molar-refractivity contribution in [3.63, 3.8) is 0 Å². The fraction of sp³-hybridized carbons (Fsp3) is 0.273. The van der Waals surface area contributed by atoms with Crippen molar-refractivity contribution < 1.29 is 13.9 Å². The fourth-order valence-corrected chi connectivity index (χ4v) is 3.93. The molecule has 27 heavy (non-hydrogen) atoms. The minimum atomic E-state index is -0.842. The number of phenols is 1. The molecule has 140 valence electrons. The van der Waals surface area contributed by atoms with E-state index in [9.17, 15) is 13.9 Å². The number of hydrogen-bond donors (Lipinski definition) is 1. The third-order valence-corrected chi connectivity index (χ3v) is 5.22. The van der Waals surface area contributed by atoms with Crippen molar-refractivity contribution in [2.45, 2.75) is 32.5 Å². The van der Waals surface area contributed by atoms with E-state index in [1.807, 2.05) is 37.4 Å². The summed E-state index contributed by atoms with van der Waals surface area (Å²) in [6.07, 6.45) is 2.96. The van der Waals surface area contributed by atoms with Gasteiger partial charge in [0.1, 0.15) is 5.75 Å². The number of rotatable bonds is 3. The maximum Gasteiger partial charge on any atom is 0.159 e. The van der Waals surface area contributed by atoms with Crippen LogP contribution in [0.4, 0.5) is 8.78 Å². The van der Waals surface area contributed by atoms with Crippen molar-refractivity contribution >= 4 is 0 Å². The molecule has 0 radical (unpaired) electrons. The molecule has 0 spiro atoms. The summed E-state index contributed by atoms with van der Waals surface area (Å²) in [4.78, 5) is 2.22. The Hall–Kier alpha value is -2.66. The Kier molecular flexibility index (Phi) is 4.70. The first kappa shape index (κ1) is 17.7. The van der Waals surface area contributed by atoms with E-state index in [0.717, 1.165) is 36.3 Å². The van der Waals surface area contributed by atoms with E-state index in [4.69, 9.17) is 0 Å². The van der Waals surface area contributed by atoms with E-state index in [2.05, 4.69) is 9.47 Å². The van der Waals surface area contributed by atoms with E-state index < -0.39 is 11.6 Å². The van der Waals surface area contributed by atoms with E-state index in [-0.39, 0.29) is 11.8 Å². The second kappa shape index (κ2) is 7.16. The molecule has 5 heteroatoms. The molecule has 2 heterocycles. The van der Waals surface area contributed by atoms with Crippen LogP contribution >= 0.6 is 0 Å². The summed E-state index contributed by atoms with van der Waals surface area (Å²) >= 11 is 0. The Balaban J connectivity index is 1.78. The Labute approximate surface area is 157 Å². The molecule has 1 unspecified atom stereocenters. The monoisotopic (exact) mass is 368 g/mol. The lowest BCUT2D eigenvalue weighted by Gasteiger charge is -2.31. The summed E-state index contributed by atoms with van der Waals surface area (Å²) in [6.45, 7) is 4.18. The molecule has 1 N–H and O–H groups in total. The molecule has 0 fully saturated rings. The van der Waals surface area contributed by atoms with Gasteiger partial charge < -0.3 is 9.67 Å². The highest BCUT2D eigenvalue weighted by Gasteiger charge is 2.28. The number of aromatic hydroxyl groups is 1. The molecule has 1 aliphatic rings. The molecule has 1 aromatic heterocycles. The van der Waals surface area contributed by atoms with Gasteiger partial charge in [0.05, 0.1) is 6.04 Å². The minimum absolute atomic E-state index is 0.211. The van der Waals surface area contributed by atoms with E-state index in [1.165, 1.54) is 12.1 Å². The predicted octanol–water partition coefficient (Wildman–Crippen LogP) is 4.78. The highest BCUT2D eigenvalue weighted by Crippen LogP contribution is 2.34. The second-order valence-corrected chi connectivity index (χ2v) is 7.16. The SMILES string of the molecule is Cc1ccc(O)c(CN2CCCn3cccc3C2c2ccc(F)c(F)c2)c1. The molecule has 0 saturated heterocycles. The number of nitrogens with zero attached hydrogens (tertiary/aromatic N) is 2. The molecular weight excluding hydrogens is 346 g/mol. The van der Waals surface area contributed by atoms with Gasteiger partial charge >= 0.3 is 0 Å². The largest absolute Gasteiger partial charge is 0.508 e. The third kappa shape index (κ3) is 3.47. The second-order valence-electron chi connectivity index (χ2n) is 7.16. The Morgan fingerprint density at radius 1 is 1.04 bits per heavy atom. The van der Waals surface area contributed by atoms with Crippen molar-refractivity contribution in [2.24, 2.45) is 0 Å². The highest BCUT2D eigenvalue weighted by atomic mass is 19.2. The zero-order valence-electron chi connectivity index (χ0n) is 15.2. The smallest absolute Gasteiger partial charge is 0.159 e. The van der Waals surface area contributed by atoms with Crippen molar-refractivity contribution in [3.05, 3.63) is 88.7 Å². The zero-order chi connectivity index (χ0) is 19.0. The van der Waals surface area contributed by atoms with Gasteiger partial charge in [-0.25, -0.2) is 8.78 Å². The molecule has 0 amide bonds. The van der Waals surface area contributed by atoms with Gasteiger partial charge in [0.2, 0.25) is 0 Å². The number of phenolic OH excluding ortho intramolecular Hbond substituents is 1. The highest BCUT2D eigenvalue weighted by molar-refractivity contribution is 5.37. The maximum absolute atomic E-state index is 14.0. The Morgan fingerprint density at radius 2 is 1.89 bits per heavy atom. The first-order valence-corrected chi connectivity index (χ1v) is 9.15. The van der Waals surface area contributed by atoms with Crippen LogP contribution < -0.4 is 0 Å². The quantitative estimate of drug-likeness (QED) is 0.721. The number of hydrogen-bond acceptors (Lipinski definition) is 2.